The SMILES string of the molecule is c1ccc(-c2ccnc3c2ccc2c(-c4ccccc4)cc(-c4nnc(-c5cccc(-c6nnc(-c7cc(-c8ccccc8)c8ccc9c(-c%10ccccc%10)ccnc9c8n7)o6)c5)o4)nc23)cc1. The standard InChI is InChI=1S/C58H34N8O2/c1-5-14-35(15-6-1)41-28-30-59-51-43(41)24-26-45-47(37-18-9-3-10-19-37)33-49(61-53(45)51)57-65-63-55(67-57)39-22-13-23-40(32-39)56-64-66-58(68-56)50-34-48(38-20-11-4-12-21-38)46-27-25-44-42(36-16-7-2-8-17-36)29-31-60-52(44)54(46)62-50/h1-34H. The average molecular weight is 875 g/mol. The molecule has 6 aromatic heterocycles. The molecule has 0 bridgehead atoms. The molecule has 0 atom stereocenters. The molecule has 0 N–H and O–H groups in total. The van der Waals surface area contributed by atoms with E-state index in [0.29, 0.717) is 34.3 Å². The Morgan fingerprint density at radius 1 is 0.265 bits per heavy atom. The number of hydrogen-bond donors (Lipinski definition) is 0. The van der Waals surface area contributed by atoms with Crippen molar-refractivity contribution in [3.63, 3.8) is 0 Å². The molecule has 0 saturated heterocycles. The molecule has 318 valence electrons. The number of rotatable bonds is 8. The number of hydrogen-bond acceptors (Lipinski definition) is 10. The molecule has 0 spiro atoms. The number of fused-ring (bicyclic) bond motifs is 6. The zero-order valence-corrected chi connectivity index (χ0v) is 36.0. The Morgan fingerprint density at radius 3 is 1.00 bits per heavy atom. The minimum absolute atomic E-state index is 0.273. The summed E-state index contributed by atoms with van der Waals surface area (Å²) >= 11 is 0. The Kier molecular flexibility index (Phi) is 9.24. The summed E-state index contributed by atoms with van der Waals surface area (Å²) in [6.45, 7) is 0. The molecule has 13 aromatic rings. The van der Waals surface area contributed by atoms with Crippen molar-refractivity contribution in [3.8, 4) is 90.6 Å². The average Bonchev–Trinajstić information content (AvgIpc) is 4.13. The number of nitrogens with zero attached hydrogens (tertiary/aromatic N) is 8. The highest BCUT2D eigenvalue weighted by molar-refractivity contribution is 6.13. The molecule has 7 aromatic carbocycles. The summed E-state index contributed by atoms with van der Waals surface area (Å²) in [6.07, 6.45) is 3.68. The number of benzene rings is 7. The van der Waals surface area contributed by atoms with Crippen LogP contribution in [0.5, 0.6) is 0 Å². The van der Waals surface area contributed by atoms with E-state index in [4.69, 9.17) is 28.8 Å². The monoisotopic (exact) mass is 874 g/mol. The summed E-state index contributed by atoms with van der Waals surface area (Å²) in [5.74, 6) is 1.17. The van der Waals surface area contributed by atoms with Crippen LogP contribution in [0.4, 0.5) is 0 Å². The zero-order chi connectivity index (χ0) is 45.0. The summed E-state index contributed by atoms with van der Waals surface area (Å²) in [5.41, 5.74) is 13.8. The van der Waals surface area contributed by atoms with Crippen molar-refractivity contribution in [2.24, 2.45) is 0 Å². The normalized spacial score (nSPS) is 11.5. The lowest BCUT2D eigenvalue weighted by molar-refractivity contribution is 0.580. The highest BCUT2D eigenvalue weighted by atomic mass is 16.4. The van der Waals surface area contributed by atoms with Crippen LogP contribution in [-0.4, -0.2) is 40.3 Å². The van der Waals surface area contributed by atoms with Crippen LogP contribution in [0.1, 0.15) is 0 Å². The Hall–Kier alpha value is -9.54. The van der Waals surface area contributed by atoms with Gasteiger partial charge in [0.2, 0.25) is 11.8 Å². The van der Waals surface area contributed by atoms with Crippen LogP contribution in [0, 0.1) is 0 Å². The highest BCUT2D eigenvalue weighted by Crippen LogP contribution is 2.40. The summed E-state index contributed by atoms with van der Waals surface area (Å²) < 4.78 is 12.9. The van der Waals surface area contributed by atoms with Crippen LogP contribution in [0.25, 0.3) is 134 Å². The van der Waals surface area contributed by atoms with E-state index in [0.717, 1.165) is 88.1 Å². The van der Waals surface area contributed by atoms with Crippen LogP contribution in [0.2, 0.25) is 0 Å². The van der Waals surface area contributed by atoms with Crippen molar-refractivity contribution in [3.05, 3.63) is 207 Å². The maximum absolute atomic E-state index is 6.45. The maximum atomic E-state index is 6.45. The minimum atomic E-state index is 0.273. The van der Waals surface area contributed by atoms with Gasteiger partial charge in [-0.05, 0) is 87.0 Å². The molecule has 0 amide bonds. The fourth-order valence-corrected chi connectivity index (χ4v) is 9.15. The van der Waals surface area contributed by atoms with E-state index >= 15 is 0 Å². The molecular formula is C58H34N8O2. The van der Waals surface area contributed by atoms with Gasteiger partial charge in [0, 0.05) is 45.1 Å². The van der Waals surface area contributed by atoms with E-state index in [2.05, 4.69) is 93.2 Å². The second-order valence-corrected chi connectivity index (χ2v) is 16.4. The molecule has 10 nitrogen and oxygen atoms in total. The van der Waals surface area contributed by atoms with E-state index in [9.17, 15) is 0 Å². The molecule has 68 heavy (non-hydrogen) atoms. The van der Waals surface area contributed by atoms with Crippen LogP contribution >= 0.6 is 0 Å². The van der Waals surface area contributed by atoms with Gasteiger partial charge in [0.25, 0.3) is 11.8 Å². The van der Waals surface area contributed by atoms with Gasteiger partial charge in [0.05, 0.1) is 22.1 Å². The molecule has 0 aliphatic heterocycles. The Balaban J connectivity index is 0.882. The van der Waals surface area contributed by atoms with E-state index < -0.39 is 0 Å². The Labute approximate surface area is 388 Å². The van der Waals surface area contributed by atoms with Gasteiger partial charge in [-0.25, -0.2) is 9.97 Å². The van der Waals surface area contributed by atoms with Crippen molar-refractivity contribution in [2.75, 3.05) is 0 Å². The first-order valence-corrected chi connectivity index (χ1v) is 22.2. The summed E-state index contributed by atoms with van der Waals surface area (Å²) in [5, 5.41) is 22.0. The molecule has 0 aliphatic rings. The topological polar surface area (TPSA) is 129 Å². The summed E-state index contributed by atoms with van der Waals surface area (Å²) in [6, 6.07) is 65.3. The lowest BCUT2D eigenvalue weighted by Gasteiger charge is -2.12. The first kappa shape index (κ1) is 38.9. The van der Waals surface area contributed by atoms with Gasteiger partial charge in [-0.15, -0.1) is 20.4 Å². The lowest BCUT2D eigenvalue weighted by atomic mass is 9.96. The zero-order valence-electron chi connectivity index (χ0n) is 36.0. The molecule has 13 rings (SSSR count). The third-order valence-electron chi connectivity index (χ3n) is 12.4. The molecule has 10 heteroatoms. The van der Waals surface area contributed by atoms with Gasteiger partial charge in [0.1, 0.15) is 11.4 Å². The third kappa shape index (κ3) is 6.74. The van der Waals surface area contributed by atoms with E-state index in [1.807, 2.05) is 134 Å². The van der Waals surface area contributed by atoms with Crippen LogP contribution in [0.3, 0.4) is 0 Å². The number of pyridine rings is 4. The second kappa shape index (κ2) is 16.2. The van der Waals surface area contributed by atoms with Crippen LogP contribution in [0.15, 0.2) is 215 Å². The van der Waals surface area contributed by atoms with Crippen molar-refractivity contribution in [2.45, 2.75) is 0 Å². The largest absolute Gasteiger partial charge is 0.415 e. The first-order chi connectivity index (χ1) is 33.7. The van der Waals surface area contributed by atoms with E-state index in [-0.39, 0.29) is 11.8 Å². The van der Waals surface area contributed by atoms with Gasteiger partial charge in [-0.3, -0.25) is 9.97 Å². The smallest absolute Gasteiger partial charge is 0.266 e. The third-order valence-corrected chi connectivity index (χ3v) is 12.4. The van der Waals surface area contributed by atoms with Crippen molar-refractivity contribution >= 4 is 43.6 Å². The van der Waals surface area contributed by atoms with Crippen LogP contribution in [-0.2, 0) is 0 Å². The molecule has 0 saturated carbocycles. The van der Waals surface area contributed by atoms with Gasteiger partial charge >= 0.3 is 0 Å². The van der Waals surface area contributed by atoms with Gasteiger partial charge < -0.3 is 8.83 Å². The second-order valence-electron chi connectivity index (χ2n) is 16.4. The minimum Gasteiger partial charge on any atom is -0.415 e. The molecule has 0 radical (unpaired) electrons. The quantitative estimate of drug-likeness (QED) is 0.136. The lowest BCUT2D eigenvalue weighted by Crippen LogP contribution is -1.93. The highest BCUT2D eigenvalue weighted by Gasteiger charge is 2.21. The van der Waals surface area contributed by atoms with Gasteiger partial charge in [-0.2, -0.15) is 0 Å². The predicted octanol–water partition coefficient (Wildman–Crippen LogP) is 14.0. The Morgan fingerprint density at radius 2 is 0.603 bits per heavy atom. The maximum Gasteiger partial charge on any atom is 0.266 e. The van der Waals surface area contributed by atoms with Crippen molar-refractivity contribution in [1.29, 1.82) is 0 Å². The summed E-state index contributed by atoms with van der Waals surface area (Å²) in [4.78, 5) is 20.1. The first-order valence-electron chi connectivity index (χ1n) is 22.2. The fraction of sp³-hybridized carbons (Fsp3) is 0. The van der Waals surface area contributed by atoms with E-state index in [1.54, 1.807) is 0 Å². The number of aromatic nitrogens is 8. The van der Waals surface area contributed by atoms with Crippen molar-refractivity contribution < 1.29 is 8.83 Å². The Bertz CT molecular complexity index is 3770. The molecule has 0 aliphatic carbocycles. The molecule has 6 heterocycles. The van der Waals surface area contributed by atoms with Crippen molar-refractivity contribution in [1.82, 2.24) is 40.3 Å². The van der Waals surface area contributed by atoms with Gasteiger partial charge in [-0.1, -0.05) is 152 Å². The summed E-state index contributed by atoms with van der Waals surface area (Å²) in [7, 11) is 0. The predicted molar refractivity (Wildman–Crippen MR) is 267 cm³/mol. The van der Waals surface area contributed by atoms with Gasteiger partial charge in [0.15, 0.2) is 0 Å². The fourth-order valence-electron chi connectivity index (χ4n) is 9.15. The molecule has 0 unspecified atom stereocenters. The molecule has 0 fully saturated rings. The van der Waals surface area contributed by atoms with E-state index in [1.165, 1.54) is 0 Å². The van der Waals surface area contributed by atoms with Crippen LogP contribution < -0.4 is 0 Å². The molecular weight excluding hydrogens is 841 g/mol.